The zero-order valence-corrected chi connectivity index (χ0v) is 10.2. The molecule has 1 atom stereocenters. The highest BCUT2D eigenvalue weighted by molar-refractivity contribution is 7.15. The molecule has 0 saturated carbocycles. The lowest BCUT2D eigenvalue weighted by Crippen LogP contribution is -2.30. The Morgan fingerprint density at radius 1 is 1.53 bits per heavy atom. The number of nitrogens with zero attached hydrogens (tertiary/aromatic N) is 2. The molecule has 1 unspecified atom stereocenters. The number of thiazole rings is 1. The summed E-state index contributed by atoms with van der Waals surface area (Å²) in [6, 6.07) is -0.122. The molecule has 96 valence electrons. The van der Waals surface area contributed by atoms with Gasteiger partial charge in [0.2, 0.25) is 0 Å². The highest BCUT2D eigenvalue weighted by atomic mass is 32.1. The summed E-state index contributed by atoms with van der Waals surface area (Å²) in [5.74, 6) is 0. The maximum absolute atomic E-state index is 12.3. The van der Waals surface area contributed by atoms with Crippen LogP contribution in [0.4, 0.5) is 18.3 Å². The van der Waals surface area contributed by atoms with E-state index in [0.717, 1.165) is 34.7 Å². The normalized spacial score (nSPS) is 20.2. The van der Waals surface area contributed by atoms with Gasteiger partial charge in [-0.15, -0.1) is 11.3 Å². The number of alkyl halides is 3. The van der Waals surface area contributed by atoms with Crippen LogP contribution in [-0.2, 0) is 6.42 Å². The molecule has 1 aliphatic carbocycles. The predicted molar refractivity (Wildman–Crippen MR) is 61.3 cm³/mol. The van der Waals surface area contributed by atoms with Crippen molar-refractivity contribution in [1.82, 2.24) is 4.98 Å². The molecule has 0 radical (unpaired) electrons. The molecule has 0 aliphatic heterocycles. The lowest BCUT2D eigenvalue weighted by atomic mass is 9.99. The lowest BCUT2D eigenvalue weighted by Gasteiger charge is -2.17. The number of halogens is 3. The fraction of sp³-hybridized carbons (Fsp3) is 0.700. The smallest absolute Gasteiger partial charge is 0.342 e. The van der Waals surface area contributed by atoms with Crippen molar-refractivity contribution in [2.45, 2.75) is 31.5 Å². The molecule has 2 N–H and O–H groups in total. The monoisotopic (exact) mass is 265 g/mol. The Morgan fingerprint density at radius 2 is 2.24 bits per heavy atom. The van der Waals surface area contributed by atoms with E-state index in [4.69, 9.17) is 5.73 Å². The second-order valence-corrected chi connectivity index (χ2v) is 5.34. The molecule has 1 aromatic heterocycles. The van der Waals surface area contributed by atoms with Gasteiger partial charge in [-0.3, -0.25) is 0 Å². The zero-order chi connectivity index (χ0) is 12.6. The van der Waals surface area contributed by atoms with Gasteiger partial charge in [0, 0.05) is 18.0 Å². The van der Waals surface area contributed by atoms with E-state index in [2.05, 4.69) is 4.98 Å². The summed E-state index contributed by atoms with van der Waals surface area (Å²) >= 11 is 1.32. The van der Waals surface area contributed by atoms with Gasteiger partial charge in [0.15, 0.2) is 5.13 Å². The Morgan fingerprint density at radius 3 is 2.82 bits per heavy atom. The molecular weight excluding hydrogens is 251 g/mol. The molecule has 0 spiro atoms. The second-order valence-electron chi connectivity index (χ2n) is 4.27. The molecule has 1 aliphatic rings. The summed E-state index contributed by atoms with van der Waals surface area (Å²) in [5.41, 5.74) is 6.67. The van der Waals surface area contributed by atoms with Gasteiger partial charge in [-0.1, -0.05) is 0 Å². The highest BCUT2D eigenvalue weighted by Gasteiger charge is 2.31. The molecule has 0 bridgehead atoms. The fourth-order valence-electron chi connectivity index (χ4n) is 1.94. The molecule has 0 fully saturated rings. The van der Waals surface area contributed by atoms with E-state index in [9.17, 15) is 13.2 Å². The fourth-order valence-corrected chi connectivity index (χ4v) is 3.07. The third kappa shape index (κ3) is 2.90. The number of fused-ring (bicyclic) bond motifs is 1. The van der Waals surface area contributed by atoms with Gasteiger partial charge in [-0.05, 0) is 19.3 Å². The van der Waals surface area contributed by atoms with E-state index < -0.39 is 12.7 Å². The first-order valence-electron chi connectivity index (χ1n) is 5.40. The van der Waals surface area contributed by atoms with Crippen molar-refractivity contribution in [3.63, 3.8) is 0 Å². The quantitative estimate of drug-likeness (QED) is 0.893. The molecule has 3 nitrogen and oxygen atoms in total. The molecular formula is C10H14F3N3S. The van der Waals surface area contributed by atoms with Gasteiger partial charge >= 0.3 is 6.18 Å². The number of nitrogens with two attached hydrogens (primary N) is 1. The van der Waals surface area contributed by atoms with Crippen molar-refractivity contribution < 1.29 is 13.2 Å². The summed E-state index contributed by atoms with van der Waals surface area (Å²) in [7, 11) is 1.41. The Labute approximate surface area is 101 Å². The maximum atomic E-state index is 12.3. The average Bonchev–Trinajstić information content (AvgIpc) is 2.60. The van der Waals surface area contributed by atoms with Crippen molar-refractivity contribution in [2.24, 2.45) is 5.73 Å². The van der Waals surface area contributed by atoms with Crippen LogP contribution in [0.3, 0.4) is 0 Å². The predicted octanol–water partition coefficient (Wildman–Crippen LogP) is 2.48. The van der Waals surface area contributed by atoms with Crippen LogP contribution in [0.25, 0.3) is 0 Å². The third-order valence-electron chi connectivity index (χ3n) is 2.73. The summed E-state index contributed by atoms with van der Waals surface area (Å²) in [5, 5.41) is 0.407. The number of anilines is 1. The molecule has 0 saturated heterocycles. The number of hydrogen-bond donors (Lipinski definition) is 1. The number of aryl methyl sites for hydroxylation is 1. The van der Waals surface area contributed by atoms with E-state index in [1.807, 2.05) is 0 Å². The van der Waals surface area contributed by atoms with E-state index in [1.54, 1.807) is 0 Å². The van der Waals surface area contributed by atoms with Gasteiger partial charge in [-0.2, -0.15) is 13.2 Å². The maximum Gasteiger partial charge on any atom is 0.405 e. The van der Waals surface area contributed by atoms with E-state index >= 15 is 0 Å². The Kier molecular flexibility index (Phi) is 3.31. The van der Waals surface area contributed by atoms with Crippen LogP contribution in [0.5, 0.6) is 0 Å². The van der Waals surface area contributed by atoms with E-state index in [1.165, 1.54) is 18.4 Å². The van der Waals surface area contributed by atoms with Crippen molar-refractivity contribution in [2.75, 3.05) is 18.5 Å². The average molecular weight is 265 g/mol. The summed E-state index contributed by atoms with van der Waals surface area (Å²) in [4.78, 5) is 6.40. The minimum atomic E-state index is -4.21. The van der Waals surface area contributed by atoms with Crippen LogP contribution in [0, 0.1) is 0 Å². The number of rotatable bonds is 2. The van der Waals surface area contributed by atoms with Crippen molar-refractivity contribution in [1.29, 1.82) is 0 Å². The first-order valence-corrected chi connectivity index (χ1v) is 6.21. The van der Waals surface area contributed by atoms with Gasteiger partial charge in [-0.25, -0.2) is 4.98 Å². The van der Waals surface area contributed by atoms with Crippen molar-refractivity contribution in [3.8, 4) is 0 Å². The van der Waals surface area contributed by atoms with Crippen molar-refractivity contribution in [3.05, 3.63) is 10.6 Å². The van der Waals surface area contributed by atoms with Crippen LogP contribution in [0.1, 0.15) is 29.5 Å². The summed E-state index contributed by atoms with van der Waals surface area (Å²) in [6.45, 7) is -0.978. The zero-order valence-electron chi connectivity index (χ0n) is 9.42. The largest absolute Gasteiger partial charge is 0.405 e. The highest BCUT2D eigenvalue weighted by Crippen LogP contribution is 2.35. The van der Waals surface area contributed by atoms with Crippen LogP contribution in [-0.4, -0.2) is 24.8 Å². The molecule has 0 aromatic carbocycles. The topological polar surface area (TPSA) is 42.2 Å². The summed E-state index contributed by atoms with van der Waals surface area (Å²) in [6.07, 6.45) is -1.48. The van der Waals surface area contributed by atoms with Gasteiger partial charge < -0.3 is 10.6 Å². The van der Waals surface area contributed by atoms with Gasteiger partial charge in [0.25, 0.3) is 0 Å². The minimum Gasteiger partial charge on any atom is -0.342 e. The first-order chi connectivity index (χ1) is 7.87. The summed E-state index contributed by atoms with van der Waals surface area (Å²) < 4.78 is 36.8. The molecule has 2 rings (SSSR count). The van der Waals surface area contributed by atoms with Crippen LogP contribution < -0.4 is 10.6 Å². The van der Waals surface area contributed by atoms with Crippen LogP contribution in [0.15, 0.2) is 0 Å². The first kappa shape index (κ1) is 12.6. The Hall–Kier alpha value is -0.820. The van der Waals surface area contributed by atoms with Crippen LogP contribution in [0.2, 0.25) is 0 Å². The van der Waals surface area contributed by atoms with E-state index in [0.29, 0.717) is 5.13 Å². The second kappa shape index (κ2) is 4.45. The number of aromatic nitrogens is 1. The SMILES string of the molecule is CN(CC(F)(F)F)c1nc2c(s1)CCCC2N. The Balaban J connectivity index is 2.17. The molecule has 1 heterocycles. The van der Waals surface area contributed by atoms with Crippen LogP contribution >= 0.6 is 11.3 Å². The van der Waals surface area contributed by atoms with Gasteiger partial charge in [0.1, 0.15) is 6.54 Å². The Bertz CT molecular complexity index is 402. The molecule has 17 heavy (non-hydrogen) atoms. The van der Waals surface area contributed by atoms with Gasteiger partial charge in [0.05, 0.1) is 5.69 Å². The standard InChI is InChI=1S/C10H14F3N3S/c1-16(5-10(11,12)13)9-15-8-6(14)3-2-4-7(8)17-9/h6H,2-5,14H2,1H3. The molecule has 0 amide bonds. The third-order valence-corrected chi connectivity index (χ3v) is 3.97. The minimum absolute atomic E-state index is 0.122. The van der Waals surface area contributed by atoms with Crippen molar-refractivity contribution >= 4 is 16.5 Å². The number of hydrogen-bond acceptors (Lipinski definition) is 4. The van der Waals surface area contributed by atoms with E-state index in [-0.39, 0.29) is 6.04 Å². The lowest BCUT2D eigenvalue weighted by molar-refractivity contribution is -0.119. The molecule has 7 heteroatoms. The molecule has 1 aromatic rings.